The Kier molecular flexibility index (Phi) is 2.45. The maximum Gasteiger partial charge on any atom is 0.586 e. The molecule has 22 heavy (non-hydrogen) atoms. The van der Waals surface area contributed by atoms with Gasteiger partial charge in [0.05, 0.1) is 0 Å². The van der Waals surface area contributed by atoms with E-state index in [0.717, 1.165) is 0 Å². The van der Waals surface area contributed by atoms with Crippen molar-refractivity contribution in [3.8, 4) is 11.5 Å². The van der Waals surface area contributed by atoms with Crippen LogP contribution in [0.15, 0.2) is 27.5 Å². The van der Waals surface area contributed by atoms with E-state index < -0.39 is 12.1 Å². The summed E-state index contributed by atoms with van der Waals surface area (Å²) in [6.45, 7) is 0. The molecule has 0 radical (unpaired) electrons. The van der Waals surface area contributed by atoms with Crippen LogP contribution in [0.25, 0.3) is 0 Å². The predicted molar refractivity (Wildman–Crippen MR) is 64.9 cm³/mol. The highest BCUT2D eigenvalue weighted by atomic mass is 19.3. The number of nitrogens with zero attached hydrogens (tertiary/aromatic N) is 1. The van der Waals surface area contributed by atoms with Crippen LogP contribution in [0, 0.1) is 5.92 Å². The van der Waals surface area contributed by atoms with Crippen molar-refractivity contribution in [1.29, 1.82) is 0 Å². The van der Waals surface area contributed by atoms with Crippen LogP contribution < -0.4 is 15.2 Å². The van der Waals surface area contributed by atoms with Crippen LogP contribution in [0.4, 0.5) is 8.78 Å². The van der Waals surface area contributed by atoms with Crippen molar-refractivity contribution in [1.82, 2.24) is 10.1 Å². The standard InChI is InChI=1S/C13H8F2N2O5/c14-13(15)20-8-2-1-5(3-9(8)21-13)10(18)6-4-7(6)11-16-12(19)22-17-11/h1-3,6-7H,4H2,(H,16,17,19)/t6-,7-/m0/s1. The first kappa shape index (κ1) is 13.0. The van der Waals surface area contributed by atoms with E-state index in [0.29, 0.717) is 12.2 Å². The average Bonchev–Trinajstić information content (AvgIpc) is 3.03. The summed E-state index contributed by atoms with van der Waals surface area (Å²) in [5.74, 6) is -1.51. The summed E-state index contributed by atoms with van der Waals surface area (Å²) >= 11 is 0. The van der Waals surface area contributed by atoms with Gasteiger partial charge in [0.1, 0.15) is 0 Å². The highest BCUT2D eigenvalue weighted by Gasteiger charge is 2.48. The van der Waals surface area contributed by atoms with Gasteiger partial charge in [-0.3, -0.25) is 14.3 Å². The number of ketones is 1. The molecule has 2 atom stereocenters. The molecule has 1 fully saturated rings. The zero-order valence-corrected chi connectivity index (χ0v) is 10.8. The number of hydrogen-bond acceptors (Lipinski definition) is 6. The third-order valence-corrected chi connectivity index (χ3v) is 3.62. The van der Waals surface area contributed by atoms with E-state index in [1.165, 1.54) is 18.2 Å². The van der Waals surface area contributed by atoms with Crippen molar-refractivity contribution >= 4 is 5.78 Å². The number of alkyl halides is 2. The number of Topliss-reactive ketones (excluding diaryl/α,β-unsaturated/α-hetero) is 1. The summed E-state index contributed by atoms with van der Waals surface area (Å²) in [4.78, 5) is 25.6. The highest BCUT2D eigenvalue weighted by molar-refractivity contribution is 6.00. The van der Waals surface area contributed by atoms with Gasteiger partial charge in [-0.15, -0.1) is 8.78 Å². The number of rotatable bonds is 3. The molecule has 2 aromatic rings. The van der Waals surface area contributed by atoms with E-state index >= 15 is 0 Å². The number of aromatic nitrogens is 2. The van der Waals surface area contributed by atoms with Crippen LogP contribution in [-0.2, 0) is 0 Å². The maximum absolute atomic E-state index is 12.9. The van der Waals surface area contributed by atoms with Gasteiger partial charge in [0, 0.05) is 17.4 Å². The second-order valence-electron chi connectivity index (χ2n) is 5.12. The van der Waals surface area contributed by atoms with Crippen molar-refractivity contribution in [3.63, 3.8) is 0 Å². The summed E-state index contributed by atoms with van der Waals surface area (Å²) in [5, 5.41) is 3.54. The molecule has 7 nitrogen and oxygen atoms in total. The third kappa shape index (κ3) is 2.05. The van der Waals surface area contributed by atoms with E-state index in [4.69, 9.17) is 0 Å². The minimum atomic E-state index is -3.72. The second kappa shape index (κ2) is 4.15. The molecule has 2 aliphatic rings. The molecule has 1 aliphatic heterocycles. The van der Waals surface area contributed by atoms with Crippen molar-refractivity contribution in [3.05, 3.63) is 40.1 Å². The van der Waals surface area contributed by atoms with Crippen molar-refractivity contribution in [2.45, 2.75) is 18.6 Å². The Balaban J connectivity index is 1.54. The Bertz CT molecular complexity index is 828. The molecule has 1 N–H and O–H groups in total. The second-order valence-corrected chi connectivity index (χ2v) is 5.12. The van der Waals surface area contributed by atoms with Gasteiger partial charge < -0.3 is 9.47 Å². The molecule has 9 heteroatoms. The zero-order valence-electron chi connectivity index (χ0n) is 10.8. The van der Waals surface area contributed by atoms with Crippen LogP contribution in [-0.4, -0.2) is 22.2 Å². The number of nitrogens with one attached hydrogen (secondary N) is 1. The number of hydrogen-bond donors (Lipinski definition) is 1. The topological polar surface area (TPSA) is 94.4 Å². The first-order valence-corrected chi connectivity index (χ1v) is 6.43. The van der Waals surface area contributed by atoms with Gasteiger partial charge in [0.25, 0.3) is 0 Å². The highest BCUT2D eigenvalue weighted by Crippen LogP contribution is 2.48. The first-order chi connectivity index (χ1) is 10.4. The molecule has 1 aliphatic carbocycles. The van der Waals surface area contributed by atoms with Crippen LogP contribution in [0.1, 0.15) is 28.5 Å². The lowest BCUT2D eigenvalue weighted by molar-refractivity contribution is -0.286. The quantitative estimate of drug-likeness (QED) is 0.867. The largest absolute Gasteiger partial charge is 0.586 e. The van der Waals surface area contributed by atoms with Gasteiger partial charge in [0.15, 0.2) is 23.1 Å². The van der Waals surface area contributed by atoms with Gasteiger partial charge in [-0.1, -0.05) is 5.16 Å². The number of carbonyl (C=O) groups excluding carboxylic acids is 1. The third-order valence-electron chi connectivity index (χ3n) is 3.62. The number of benzene rings is 1. The van der Waals surface area contributed by atoms with Crippen LogP contribution in [0.3, 0.4) is 0 Å². The molecule has 114 valence electrons. The molecule has 0 bridgehead atoms. The SMILES string of the molecule is O=C(c1ccc2c(c1)OC(F)(F)O2)[C@H]1C[C@@H]1c1noc(=O)[nH]1. The maximum atomic E-state index is 12.9. The lowest BCUT2D eigenvalue weighted by Gasteiger charge is -2.04. The number of halogens is 2. The minimum absolute atomic E-state index is 0.116. The monoisotopic (exact) mass is 310 g/mol. The summed E-state index contributed by atoms with van der Waals surface area (Å²) in [5.41, 5.74) is 0.235. The summed E-state index contributed by atoms with van der Waals surface area (Å²) in [6.07, 6.45) is -3.21. The minimum Gasteiger partial charge on any atom is -0.395 e. The summed E-state index contributed by atoms with van der Waals surface area (Å²) < 4.78 is 38.9. The molecule has 1 aromatic heterocycles. The molecular formula is C13H8F2N2O5. The first-order valence-electron chi connectivity index (χ1n) is 6.43. The summed E-state index contributed by atoms with van der Waals surface area (Å²) in [6, 6.07) is 3.88. The lowest BCUT2D eigenvalue weighted by Crippen LogP contribution is -2.25. The van der Waals surface area contributed by atoms with E-state index in [2.05, 4.69) is 24.1 Å². The lowest BCUT2D eigenvalue weighted by atomic mass is 10.1. The predicted octanol–water partition coefficient (Wildman–Crippen LogP) is 1.67. The van der Waals surface area contributed by atoms with Crippen LogP contribution in [0.2, 0.25) is 0 Å². The molecule has 1 saturated carbocycles. The van der Waals surface area contributed by atoms with Crippen molar-refractivity contribution in [2.24, 2.45) is 5.92 Å². The summed E-state index contributed by atoms with van der Waals surface area (Å²) in [7, 11) is 0. The number of fused-ring (bicyclic) bond motifs is 1. The molecule has 1 aromatic carbocycles. The molecule has 4 rings (SSSR count). The fourth-order valence-corrected chi connectivity index (χ4v) is 2.50. The number of aromatic amines is 1. The number of carbonyl (C=O) groups is 1. The van der Waals surface area contributed by atoms with Gasteiger partial charge in [-0.2, -0.15) is 0 Å². The van der Waals surface area contributed by atoms with Gasteiger partial charge in [-0.05, 0) is 24.6 Å². The smallest absolute Gasteiger partial charge is 0.395 e. The fourth-order valence-electron chi connectivity index (χ4n) is 2.50. The van der Waals surface area contributed by atoms with E-state index in [-0.39, 0.29) is 34.7 Å². The molecular weight excluding hydrogens is 302 g/mol. The Morgan fingerprint density at radius 1 is 1.32 bits per heavy atom. The molecule has 0 amide bonds. The van der Waals surface area contributed by atoms with Gasteiger partial charge >= 0.3 is 12.1 Å². The zero-order chi connectivity index (χ0) is 15.5. The fraction of sp³-hybridized carbons (Fsp3) is 0.308. The number of H-pyrrole nitrogens is 1. The van der Waals surface area contributed by atoms with E-state index in [1.807, 2.05) is 0 Å². The average molecular weight is 310 g/mol. The van der Waals surface area contributed by atoms with Crippen LogP contribution >= 0.6 is 0 Å². The van der Waals surface area contributed by atoms with Crippen LogP contribution in [0.5, 0.6) is 11.5 Å². The van der Waals surface area contributed by atoms with E-state index in [9.17, 15) is 18.4 Å². The normalized spacial score (nSPS) is 24.3. The Hall–Kier alpha value is -2.71. The molecule has 2 heterocycles. The van der Waals surface area contributed by atoms with Gasteiger partial charge in [0.2, 0.25) is 0 Å². The van der Waals surface area contributed by atoms with E-state index in [1.54, 1.807) is 0 Å². The Morgan fingerprint density at radius 2 is 2.09 bits per heavy atom. The number of ether oxygens (including phenoxy) is 2. The Morgan fingerprint density at radius 3 is 2.82 bits per heavy atom. The van der Waals surface area contributed by atoms with Crippen molar-refractivity contribution in [2.75, 3.05) is 0 Å². The molecule has 0 unspecified atom stereocenters. The Labute approximate surface area is 120 Å². The molecule has 0 spiro atoms. The molecule has 0 saturated heterocycles. The van der Waals surface area contributed by atoms with Crippen molar-refractivity contribution < 1.29 is 27.6 Å². The van der Waals surface area contributed by atoms with Gasteiger partial charge in [-0.25, -0.2) is 4.79 Å².